The second-order valence-corrected chi connectivity index (χ2v) is 8.33. The highest BCUT2D eigenvalue weighted by atomic mass is 16.5. The summed E-state index contributed by atoms with van der Waals surface area (Å²) in [5.41, 5.74) is 6.81. The van der Waals surface area contributed by atoms with Crippen LogP contribution in [0.1, 0.15) is 17.8 Å². The number of primary amides is 1. The van der Waals surface area contributed by atoms with E-state index in [-0.39, 0.29) is 0 Å². The normalized spacial score (nSPS) is 20.7. The van der Waals surface area contributed by atoms with Crippen LogP contribution >= 0.6 is 0 Å². The molecule has 174 valence electrons. The van der Waals surface area contributed by atoms with E-state index in [1.165, 1.54) is 0 Å². The third-order valence-corrected chi connectivity index (χ3v) is 6.04. The molecule has 0 aromatic carbocycles. The van der Waals surface area contributed by atoms with Gasteiger partial charge in [-0.2, -0.15) is 5.10 Å². The quantitative estimate of drug-likeness (QED) is 0.553. The average molecular weight is 454 g/mol. The molecule has 11 heteroatoms. The lowest BCUT2D eigenvalue weighted by Gasteiger charge is -2.28. The molecule has 3 N–H and O–H groups in total. The van der Waals surface area contributed by atoms with E-state index >= 15 is 0 Å². The summed E-state index contributed by atoms with van der Waals surface area (Å²) in [5, 5.41) is 8.02. The molecule has 0 spiro atoms. The molecule has 33 heavy (non-hydrogen) atoms. The largest absolute Gasteiger partial charge is 0.493 e. The first kappa shape index (κ1) is 21.6. The Bertz CT molecular complexity index is 1190. The fourth-order valence-electron chi connectivity index (χ4n) is 4.05. The van der Waals surface area contributed by atoms with Gasteiger partial charge in [0.25, 0.3) is 0 Å². The minimum absolute atomic E-state index is 0.325. The van der Waals surface area contributed by atoms with Gasteiger partial charge in [-0.15, -0.1) is 0 Å². The molecule has 2 aliphatic heterocycles. The van der Waals surface area contributed by atoms with Gasteiger partial charge >= 0.3 is 6.03 Å². The third kappa shape index (κ3) is 4.10. The molecule has 2 saturated heterocycles. The summed E-state index contributed by atoms with van der Waals surface area (Å²) in [6, 6.07) is 4.77. The average Bonchev–Trinajstić information content (AvgIpc) is 3.38. The molecule has 0 radical (unpaired) electrons. The van der Waals surface area contributed by atoms with Gasteiger partial charge in [0.1, 0.15) is 17.2 Å². The fraction of sp³-hybridized carbons (Fsp3) is 0.455. The summed E-state index contributed by atoms with van der Waals surface area (Å²) < 4.78 is 24.6. The minimum atomic E-state index is -0.691. The van der Waals surface area contributed by atoms with Crippen molar-refractivity contribution in [2.24, 2.45) is 11.7 Å². The van der Waals surface area contributed by atoms with Crippen molar-refractivity contribution in [3.63, 3.8) is 0 Å². The van der Waals surface area contributed by atoms with Crippen LogP contribution in [-0.2, 0) is 19.8 Å². The maximum Gasteiger partial charge on any atom is 0.317 e. The predicted molar refractivity (Wildman–Crippen MR) is 119 cm³/mol. The number of urea groups is 1. The number of methoxy groups -OCH3 is 1. The number of aryl methyl sites for hydroxylation is 1. The van der Waals surface area contributed by atoms with Gasteiger partial charge in [0.15, 0.2) is 5.82 Å². The number of carbonyl (C=O) groups excluding carboxylic acids is 1. The van der Waals surface area contributed by atoms with E-state index < -0.39 is 11.6 Å². The van der Waals surface area contributed by atoms with Crippen LogP contribution in [0.4, 0.5) is 10.6 Å². The van der Waals surface area contributed by atoms with Crippen LogP contribution in [0.25, 0.3) is 16.7 Å². The van der Waals surface area contributed by atoms with Gasteiger partial charge in [-0.1, -0.05) is 0 Å². The number of amides is 2. The van der Waals surface area contributed by atoms with E-state index in [1.807, 2.05) is 19.1 Å². The SMILES string of the molecule is CO[C@@]1(c2cc(OCC3COC3)cc(-n3nc(C)c4cnc(NC(N)=O)cc43)n2)CCOC1. The number of fused-ring (bicyclic) bond motifs is 1. The molecule has 0 saturated carbocycles. The lowest BCUT2D eigenvalue weighted by molar-refractivity contribution is -0.0510. The molecule has 2 aliphatic rings. The smallest absolute Gasteiger partial charge is 0.317 e. The Morgan fingerprint density at radius 3 is 2.85 bits per heavy atom. The van der Waals surface area contributed by atoms with Crippen molar-refractivity contribution >= 4 is 22.8 Å². The molecule has 1 atom stereocenters. The zero-order chi connectivity index (χ0) is 23.0. The molecule has 3 aromatic rings. The van der Waals surface area contributed by atoms with E-state index in [4.69, 9.17) is 29.7 Å². The predicted octanol–water partition coefficient (Wildman–Crippen LogP) is 1.90. The van der Waals surface area contributed by atoms with Gasteiger partial charge in [-0.25, -0.2) is 19.4 Å². The molecule has 0 bridgehead atoms. The Kier molecular flexibility index (Phi) is 5.60. The lowest BCUT2D eigenvalue weighted by atomic mass is 9.97. The van der Waals surface area contributed by atoms with Gasteiger partial charge < -0.3 is 24.7 Å². The summed E-state index contributed by atoms with van der Waals surface area (Å²) in [6.07, 6.45) is 2.34. The van der Waals surface area contributed by atoms with Crippen LogP contribution in [0, 0.1) is 12.8 Å². The second-order valence-electron chi connectivity index (χ2n) is 8.33. The molecular weight excluding hydrogens is 428 g/mol. The Labute approximate surface area is 190 Å². The van der Waals surface area contributed by atoms with Crippen molar-refractivity contribution in [3.05, 3.63) is 35.8 Å². The molecule has 11 nitrogen and oxygen atoms in total. The van der Waals surface area contributed by atoms with Gasteiger partial charge in [-0.3, -0.25) is 5.32 Å². The number of nitrogens with two attached hydrogens (primary N) is 1. The van der Waals surface area contributed by atoms with Gasteiger partial charge in [0.05, 0.1) is 43.3 Å². The topological polar surface area (TPSA) is 136 Å². The summed E-state index contributed by atoms with van der Waals surface area (Å²) in [5.74, 6) is 1.92. The molecule has 5 heterocycles. The number of nitrogens with one attached hydrogen (secondary N) is 1. The standard InChI is InChI=1S/C22H26N6O5/c1-13-16-8-24-19(26-21(23)29)7-17(16)28(27-13)20-6-15(33-11-14-9-32-10-14)5-18(25-20)22(30-2)3-4-31-12-22/h5-8,14H,3-4,9-12H2,1-2H3,(H3,23,24,26,29)/t22-/m0/s1. The van der Waals surface area contributed by atoms with Crippen molar-refractivity contribution in [2.45, 2.75) is 18.9 Å². The van der Waals surface area contributed by atoms with E-state index in [2.05, 4.69) is 15.4 Å². The Morgan fingerprint density at radius 1 is 1.33 bits per heavy atom. The first-order valence-electron chi connectivity index (χ1n) is 10.8. The van der Waals surface area contributed by atoms with Gasteiger partial charge in [0.2, 0.25) is 0 Å². The molecule has 0 aliphatic carbocycles. The third-order valence-electron chi connectivity index (χ3n) is 6.04. The van der Waals surface area contributed by atoms with Crippen LogP contribution in [-0.4, -0.2) is 65.9 Å². The number of pyridine rings is 2. The Morgan fingerprint density at radius 2 is 2.18 bits per heavy atom. The highest BCUT2D eigenvalue weighted by molar-refractivity contribution is 5.90. The van der Waals surface area contributed by atoms with E-state index in [0.29, 0.717) is 68.5 Å². The Hall–Kier alpha value is -3.28. The van der Waals surface area contributed by atoms with Crippen LogP contribution in [0.15, 0.2) is 24.4 Å². The number of carbonyl (C=O) groups is 1. The van der Waals surface area contributed by atoms with Crippen molar-refractivity contribution in [3.8, 4) is 11.6 Å². The van der Waals surface area contributed by atoms with Crippen LogP contribution < -0.4 is 15.8 Å². The number of hydrogen-bond acceptors (Lipinski definition) is 8. The van der Waals surface area contributed by atoms with E-state index in [1.54, 1.807) is 24.1 Å². The summed E-state index contributed by atoms with van der Waals surface area (Å²) in [4.78, 5) is 20.5. The van der Waals surface area contributed by atoms with Crippen LogP contribution in [0.3, 0.4) is 0 Å². The zero-order valence-corrected chi connectivity index (χ0v) is 18.5. The first-order chi connectivity index (χ1) is 16.0. The number of nitrogens with zero attached hydrogens (tertiary/aromatic N) is 4. The number of rotatable bonds is 7. The van der Waals surface area contributed by atoms with Crippen molar-refractivity contribution in [1.29, 1.82) is 0 Å². The highest BCUT2D eigenvalue weighted by Crippen LogP contribution is 2.36. The maximum atomic E-state index is 11.3. The zero-order valence-electron chi connectivity index (χ0n) is 18.5. The molecule has 5 rings (SSSR count). The first-order valence-corrected chi connectivity index (χ1v) is 10.8. The highest BCUT2D eigenvalue weighted by Gasteiger charge is 2.39. The minimum Gasteiger partial charge on any atom is -0.493 e. The number of hydrogen-bond donors (Lipinski definition) is 2. The van der Waals surface area contributed by atoms with Crippen LogP contribution in [0.2, 0.25) is 0 Å². The molecular formula is C22H26N6O5. The van der Waals surface area contributed by atoms with Crippen molar-refractivity contribution in [2.75, 3.05) is 45.5 Å². The number of aromatic nitrogens is 4. The van der Waals surface area contributed by atoms with Gasteiger partial charge in [0, 0.05) is 55.8 Å². The fourth-order valence-corrected chi connectivity index (χ4v) is 4.05. The van der Waals surface area contributed by atoms with Gasteiger partial charge in [-0.05, 0) is 6.92 Å². The Balaban J connectivity index is 1.60. The van der Waals surface area contributed by atoms with E-state index in [0.717, 1.165) is 16.6 Å². The van der Waals surface area contributed by atoms with E-state index in [9.17, 15) is 4.79 Å². The summed E-state index contributed by atoms with van der Waals surface area (Å²) in [7, 11) is 1.66. The number of ether oxygens (including phenoxy) is 4. The molecule has 2 fully saturated rings. The summed E-state index contributed by atoms with van der Waals surface area (Å²) >= 11 is 0. The number of anilines is 1. The molecule has 3 aromatic heterocycles. The van der Waals surface area contributed by atoms with Crippen molar-refractivity contribution < 1.29 is 23.7 Å². The summed E-state index contributed by atoms with van der Waals surface area (Å²) in [6.45, 7) is 4.84. The molecule has 2 amide bonds. The maximum absolute atomic E-state index is 11.3. The van der Waals surface area contributed by atoms with Crippen molar-refractivity contribution in [1.82, 2.24) is 19.7 Å². The molecule has 0 unspecified atom stereocenters. The van der Waals surface area contributed by atoms with Crippen LogP contribution in [0.5, 0.6) is 5.75 Å². The second kappa shape index (κ2) is 8.58. The monoisotopic (exact) mass is 454 g/mol. The lowest BCUT2D eigenvalue weighted by Crippen LogP contribution is -2.33.